The Morgan fingerprint density at radius 1 is 1.16 bits per heavy atom. The lowest BCUT2D eigenvalue weighted by Crippen LogP contribution is -2.40. The molecule has 0 aromatic heterocycles. The van der Waals surface area contributed by atoms with Crippen molar-refractivity contribution in [1.82, 2.24) is 10.2 Å². The van der Waals surface area contributed by atoms with Crippen LogP contribution in [0.3, 0.4) is 0 Å². The highest BCUT2D eigenvalue weighted by Crippen LogP contribution is 2.34. The summed E-state index contributed by atoms with van der Waals surface area (Å²) >= 11 is 0.789. The summed E-state index contributed by atoms with van der Waals surface area (Å²) < 4.78 is 18.9. The Bertz CT molecular complexity index is 1000. The first-order chi connectivity index (χ1) is 14.8. The third-order valence-electron chi connectivity index (χ3n) is 4.40. The van der Waals surface area contributed by atoms with Crippen LogP contribution in [0.4, 0.5) is 9.18 Å². The maximum absolute atomic E-state index is 13.1. The molecule has 8 heteroatoms. The highest BCUT2D eigenvalue weighted by molar-refractivity contribution is 8.18. The molecule has 1 saturated heterocycles. The van der Waals surface area contributed by atoms with Gasteiger partial charge in [0.05, 0.1) is 4.91 Å². The van der Waals surface area contributed by atoms with E-state index < -0.39 is 11.1 Å². The fourth-order valence-electron chi connectivity index (χ4n) is 2.77. The maximum atomic E-state index is 13.1. The largest absolute Gasteiger partial charge is 0.488 e. The molecule has 1 aliphatic rings. The summed E-state index contributed by atoms with van der Waals surface area (Å²) in [5.74, 6) is -0.417. The second-order valence-electron chi connectivity index (χ2n) is 7.42. The number of nitrogens with zero attached hydrogens (tertiary/aromatic N) is 1. The molecule has 0 saturated carbocycles. The van der Waals surface area contributed by atoms with Gasteiger partial charge in [0, 0.05) is 12.1 Å². The average Bonchev–Trinajstić information content (AvgIpc) is 3.00. The summed E-state index contributed by atoms with van der Waals surface area (Å²) in [6.07, 6.45) is 1.58. The van der Waals surface area contributed by atoms with Gasteiger partial charge in [-0.25, -0.2) is 4.39 Å². The molecule has 0 radical (unpaired) electrons. The van der Waals surface area contributed by atoms with Crippen molar-refractivity contribution in [1.29, 1.82) is 0 Å². The smallest absolute Gasteiger partial charge is 0.294 e. The predicted octanol–water partition coefficient (Wildman–Crippen LogP) is 4.21. The molecule has 1 aliphatic heterocycles. The Balaban J connectivity index is 1.70. The zero-order valence-electron chi connectivity index (χ0n) is 17.3. The molecule has 0 spiro atoms. The van der Waals surface area contributed by atoms with E-state index in [1.54, 1.807) is 42.5 Å². The summed E-state index contributed by atoms with van der Waals surface area (Å²) in [5.41, 5.74) is 1.42. The third kappa shape index (κ3) is 6.18. The topological polar surface area (TPSA) is 75.7 Å². The first-order valence-electron chi connectivity index (χ1n) is 9.82. The van der Waals surface area contributed by atoms with Crippen LogP contribution >= 0.6 is 11.8 Å². The fourth-order valence-corrected chi connectivity index (χ4v) is 3.60. The summed E-state index contributed by atoms with van der Waals surface area (Å²) in [7, 11) is 0. The number of thioether (sulfide) groups is 1. The summed E-state index contributed by atoms with van der Waals surface area (Å²) in [4.78, 5) is 38.1. The van der Waals surface area contributed by atoms with Gasteiger partial charge in [-0.15, -0.1) is 0 Å². The lowest BCUT2D eigenvalue weighted by atomic mass is 10.1. The van der Waals surface area contributed by atoms with E-state index in [1.165, 1.54) is 12.1 Å². The van der Waals surface area contributed by atoms with E-state index >= 15 is 0 Å². The molecule has 2 aromatic rings. The Morgan fingerprint density at radius 3 is 2.58 bits per heavy atom. The monoisotopic (exact) mass is 442 g/mol. The van der Waals surface area contributed by atoms with Gasteiger partial charge in [-0.3, -0.25) is 19.3 Å². The molecule has 162 valence electrons. The van der Waals surface area contributed by atoms with Gasteiger partial charge >= 0.3 is 0 Å². The molecule has 1 heterocycles. The zero-order chi connectivity index (χ0) is 22.4. The molecule has 6 nitrogen and oxygen atoms in total. The number of carbonyl (C=O) groups is 3. The lowest BCUT2D eigenvalue weighted by molar-refractivity contribution is -0.129. The van der Waals surface area contributed by atoms with E-state index in [0.29, 0.717) is 17.9 Å². The minimum atomic E-state index is -0.511. The van der Waals surface area contributed by atoms with E-state index in [2.05, 4.69) is 5.32 Å². The predicted molar refractivity (Wildman–Crippen MR) is 118 cm³/mol. The number of ether oxygens (including phenoxy) is 1. The van der Waals surface area contributed by atoms with Crippen LogP contribution in [0, 0.1) is 11.7 Å². The molecule has 3 rings (SSSR count). The molecular weight excluding hydrogens is 419 g/mol. The van der Waals surface area contributed by atoms with Crippen molar-refractivity contribution in [2.24, 2.45) is 5.92 Å². The van der Waals surface area contributed by atoms with Crippen LogP contribution in [-0.2, 0) is 16.2 Å². The number of para-hydroxylation sites is 1. The number of rotatable bonds is 8. The SMILES string of the molecule is CC(C)CNC(=O)CN1C(=O)S/C(=C\c2ccccc2OCc2ccc(F)cc2)C1=O. The van der Waals surface area contributed by atoms with Crippen LogP contribution in [-0.4, -0.2) is 35.0 Å². The third-order valence-corrected chi connectivity index (χ3v) is 5.30. The highest BCUT2D eigenvalue weighted by Gasteiger charge is 2.36. The molecule has 1 N–H and O–H groups in total. The number of carbonyl (C=O) groups excluding carboxylic acids is 3. The minimum absolute atomic E-state index is 0.222. The second kappa shape index (κ2) is 10.3. The van der Waals surface area contributed by atoms with Crippen LogP contribution in [0.25, 0.3) is 6.08 Å². The van der Waals surface area contributed by atoms with Crippen molar-refractivity contribution < 1.29 is 23.5 Å². The van der Waals surface area contributed by atoms with Crippen molar-refractivity contribution in [3.63, 3.8) is 0 Å². The molecule has 31 heavy (non-hydrogen) atoms. The number of benzene rings is 2. The molecule has 3 amide bonds. The van der Waals surface area contributed by atoms with Crippen molar-refractivity contribution in [2.45, 2.75) is 20.5 Å². The molecule has 1 fully saturated rings. The first-order valence-corrected chi connectivity index (χ1v) is 10.6. The van der Waals surface area contributed by atoms with E-state index in [9.17, 15) is 18.8 Å². The van der Waals surface area contributed by atoms with Crippen molar-refractivity contribution in [3.8, 4) is 5.75 Å². The Morgan fingerprint density at radius 2 is 1.87 bits per heavy atom. The maximum Gasteiger partial charge on any atom is 0.294 e. The molecule has 2 aromatic carbocycles. The van der Waals surface area contributed by atoms with Gasteiger partial charge in [-0.2, -0.15) is 0 Å². The summed E-state index contributed by atoms with van der Waals surface area (Å²) in [6.45, 7) is 4.31. The van der Waals surface area contributed by atoms with Crippen LogP contribution < -0.4 is 10.1 Å². The number of hydrogen-bond acceptors (Lipinski definition) is 5. The van der Waals surface area contributed by atoms with Crippen molar-refractivity contribution in [2.75, 3.05) is 13.1 Å². The quantitative estimate of drug-likeness (QED) is 0.620. The number of amides is 3. The summed E-state index contributed by atoms with van der Waals surface area (Å²) in [5, 5.41) is 2.22. The molecule has 0 aliphatic carbocycles. The van der Waals surface area contributed by atoms with Crippen LogP contribution in [0.1, 0.15) is 25.0 Å². The van der Waals surface area contributed by atoms with Crippen LogP contribution in [0.2, 0.25) is 0 Å². The number of hydrogen-bond donors (Lipinski definition) is 1. The van der Waals surface area contributed by atoms with Crippen molar-refractivity contribution in [3.05, 3.63) is 70.4 Å². The van der Waals surface area contributed by atoms with E-state index in [-0.39, 0.29) is 35.7 Å². The normalized spacial score (nSPS) is 15.1. The van der Waals surface area contributed by atoms with Gasteiger partial charge in [0.25, 0.3) is 11.1 Å². The lowest BCUT2D eigenvalue weighted by Gasteiger charge is -2.13. The minimum Gasteiger partial charge on any atom is -0.488 e. The average molecular weight is 443 g/mol. The van der Waals surface area contributed by atoms with Gasteiger partial charge < -0.3 is 10.1 Å². The van der Waals surface area contributed by atoms with Crippen LogP contribution in [0.15, 0.2) is 53.4 Å². The van der Waals surface area contributed by atoms with E-state index in [1.807, 2.05) is 13.8 Å². The molecular formula is C23H23FN2O4S. The number of nitrogens with one attached hydrogen (secondary N) is 1. The molecule has 0 bridgehead atoms. The van der Waals surface area contributed by atoms with Gasteiger partial charge in [0.15, 0.2) is 0 Å². The van der Waals surface area contributed by atoms with Gasteiger partial charge in [-0.1, -0.05) is 44.2 Å². The van der Waals surface area contributed by atoms with Gasteiger partial charge in [0.1, 0.15) is 24.7 Å². The van der Waals surface area contributed by atoms with Gasteiger partial charge in [-0.05, 0) is 47.5 Å². The van der Waals surface area contributed by atoms with Crippen LogP contribution in [0.5, 0.6) is 5.75 Å². The highest BCUT2D eigenvalue weighted by atomic mass is 32.2. The van der Waals surface area contributed by atoms with Gasteiger partial charge in [0.2, 0.25) is 5.91 Å². The number of imide groups is 1. The number of halogens is 1. The summed E-state index contributed by atoms with van der Waals surface area (Å²) in [6, 6.07) is 13.1. The first kappa shape index (κ1) is 22.6. The molecule has 0 atom stereocenters. The fraction of sp³-hybridized carbons (Fsp3) is 0.261. The Hall–Kier alpha value is -3.13. The second-order valence-corrected chi connectivity index (χ2v) is 8.41. The zero-order valence-corrected chi connectivity index (χ0v) is 18.1. The van der Waals surface area contributed by atoms with E-state index in [0.717, 1.165) is 22.2 Å². The van der Waals surface area contributed by atoms with Crippen molar-refractivity contribution >= 4 is 34.9 Å². The standard InChI is InChI=1S/C23H23FN2O4S/c1-15(2)12-25-21(27)13-26-22(28)20(31-23(26)29)11-17-5-3-4-6-19(17)30-14-16-7-9-18(24)10-8-16/h3-11,15H,12-14H2,1-2H3,(H,25,27)/b20-11-. The molecule has 0 unspecified atom stereocenters. The Kier molecular flexibility index (Phi) is 7.46. The Labute approximate surface area is 184 Å². The van der Waals surface area contributed by atoms with E-state index in [4.69, 9.17) is 4.74 Å².